The van der Waals surface area contributed by atoms with Gasteiger partial charge < -0.3 is 45.6 Å². The molecule has 14 heteroatoms. The predicted octanol–water partition coefficient (Wildman–Crippen LogP) is 0.0128. The molecule has 6 atom stereocenters. The zero-order valence-electron chi connectivity index (χ0n) is 23.0. The van der Waals surface area contributed by atoms with Crippen molar-refractivity contribution in [2.75, 3.05) is 19.8 Å². The quantitative estimate of drug-likeness (QED) is 0.0946. The average molecular weight is 601 g/mol. The lowest BCUT2D eigenvalue weighted by molar-refractivity contribution is -0.310. The molecule has 0 unspecified atom stereocenters. The van der Waals surface area contributed by atoms with E-state index >= 15 is 0 Å². The summed E-state index contributed by atoms with van der Waals surface area (Å²) >= 11 is 0. The molecule has 1 aliphatic rings. The maximum absolute atomic E-state index is 12.7. The van der Waals surface area contributed by atoms with Crippen molar-refractivity contribution >= 4 is 17.8 Å². The minimum Gasteiger partial charge on any atom is -0.477 e. The number of carbonyl (C=O) groups excluding carboxylic acids is 2. The molecule has 1 saturated heterocycles. The number of carboxylic acid groups (broad SMARTS) is 1. The van der Waals surface area contributed by atoms with Gasteiger partial charge in [-0.3, -0.25) is 9.59 Å². The molecule has 0 bridgehead atoms. The number of amides is 2. The molecule has 1 aromatic rings. The maximum atomic E-state index is 12.7. The SMILES string of the molecule is C#CCCCCCCO[C@]1(C(=O)O)C[C@H](O)[C@@H](NC(=O)CO)[C@H]([C@H](O)[C@H](O)CNC(=O)Cc2ccc(C(F)F)cc2)O1. The van der Waals surface area contributed by atoms with E-state index in [9.17, 15) is 43.6 Å². The van der Waals surface area contributed by atoms with Crippen LogP contribution in [-0.4, -0.2) is 99.3 Å². The minimum absolute atomic E-state index is 0.0809. The van der Waals surface area contributed by atoms with Crippen LogP contribution in [0.4, 0.5) is 8.78 Å². The molecule has 2 rings (SSSR count). The summed E-state index contributed by atoms with van der Waals surface area (Å²) in [6.07, 6.45) is -2.14. The van der Waals surface area contributed by atoms with Gasteiger partial charge in [0.25, 0.3) is 12.2 Å². The van der Waals surface area contributed by atoms with Crippen LogP contribution in [0.25, 0.3) is 0 Å². The lowest BCUT2D eigenvalue weighted by Gasteiger charge is -2.46. The first kappa shape index (κ1) is 35.0. The molecule has 0 aromatic heterocycles. The third-order valence-electron chi connectivity index (χ3n) is 6.76. The number of aliphatic hydroxyl groups is 4. The number of aliphatic carboxylic acids is 1. The number of carboxylic acids is 1. The van der Waals surface area contributed by atoms with Crippen molar-refractivity contribution in [3.63, 3.8) is 0 Å². The summed E-state index contributed by atoms with van der Waals surface area (Å²) in [5, 5.41) is 56.0. The largest absolute Gasteiger partial charge is 0.477 e. The molecule has 1 aromatic carbocycles. The van der Waals surface area contributed by atoms with Gasteiger partial charge in [0.2, 0.25) is 11.8 Å². The molecule has 12 nitrogen and oxygen atoms in total. The molecule has 0 spiro atoms. The summed E-state index contributed by atoms with van der Waals surface area (Å²) in [5.41, 5.74) is 0.202. The van der Waals surface area contributed by atoms with E-state index < -0.39 is 80.0 Å². The van der Waals surface area contributed by atoms with Crippen LogP contribution in [0, 0.1) is 12.3 Å². The fraction of sp³-hybridized carbons (Fsp3) is 0.607. The second-order valence-electron chi connectivity index (χ2n) is 9.96. The number of nitrogens with one attached hydrogen (secondary N) is 2. The number of hydrogen-bond donors (Lipinski definition) is 7. The first-order valence-electron chi connectivity index (χ1n) is 13.5. The van der Waals surface area contributed by atoms with Crippen molar-refractivity contribution < 1.29 is 58.2 Å². The third kappa shape index (κ3) is 10.3. The van der Waals surface area contributed by atoms with Gasteiger partial charge in [0.1, 0.15) is 18.8 Å². The zero-order chi connectivity index (χ0) is 31.3. The Hall–Kier alpha value is -3.19. The predicted molar refractivity (Wildman–Crippen MR) is 143 cm³/mol. The molecule has 0 radical (unpaired) electrons. The van der Waals surface area contributed by atoms with Gasteiger partial charge >= 0.3 is 5.97 Å². The second-order valence-corrected chi connectivity index (χ2v) is 9.96. The standard InChI is InChI=1S/C28H38F2N2O10/c1-2-3-4-5-6-7-12-41-28(27(39)40)14-19(34)23(32-22(37)16-33)25(42-28)24(38)20(35)15-31-21(36)13-17-8-10-18(11-9-17)26(29)30/h1,8-11,19-20,23-26,33-35,38H,3-7,12-16H2,(H,31,36)(H,32,37)(H,39,40)/t19-,20+,23+,24+,25+,28+/m0/s1. The number of unbranched alkanes of at least 4 members (excludes halogenated alkanes) is 4. The van der Waals surface area contributed by atoms with Gasteiger partial charge in [0.15, 0.2) is 0 Å². The topological polar surface area (TPSA) is 195 Å². The lowest BCUT2D eigenvalue weighted by atomic mass is 9.88. The number of aliphatic hydroxyl groups excluding tert-OH is 4. The Bertz CT molecular complexity index is 1070. The summed E-state index contributed by atoms with van der Waals surface area (Å²) < 4.78 is 36.6. The minimum atomic E-state index is -2.66. The monoisotopic (exact) mass is 600 g/mol. The van der Waals surface area contributed by atoms with Crippen molar-refractivity contribution in [3.8, 4) is 12.3 Å². The molecule has 0 aliphatic carbocycles. The molecule has 1 heterocycles. The van der Waals surface area contributed by atoms with Gasteiger partial charge in [0, 0.05) is 24.9 Å². The Kier molecular flexibility index (Phi) is 14.2. The summed E-state index contributed by atoms with van der Waals surface area (Å²) in [6.45, 7) is -1.62. The number of benzene rings is 1. The highest BCUT2D eigenvalue weighted by molar-refractivity contribution is 5.79. The summed E-state index contributed by atoms with van der Waals surface area (Å²) in [4.78, 5) is 36.5. The number of carbonyl (C=O) groups is 3. The van der Waals surface area contributed by atoms with Crippen molar-refractivity contribution in [2.45, 2.75) is 87.6 Å². The fourth-order valence-corrected chi connectivity index (χ4v) is 4.45. The Morgan fingerprint density at radius 3 is 2.38 bits per heavy atom. The van der Waals surface area contributed by atoms with E-state index in [0.717, 1.165) is 12.8 Å². The van der Waals surface area contributed by atoms with E-state index in [4.69, 9.17) is 21.0 Å². The first-order chi connectivity index (χ1) is 19.9. The number of terminal acetylenes is 1. The molecule has 1 fully saturated rings. The highest BCUT2D eigenvalue weighted by Crippen LogP contribution is 2.34. The average Bonchev–Trinajstić information content (AvgIpc) is 2.96. The van der Waals surface area contributed by atoms with Gasteiger partial charge in [-0.2, -0.15) is 0 Å². The fourth-order valence-electron chi connectivity index (χ4n) is 4.45. The summed E-state index contributed by atoms with van der Waals surface area (Å²) in [5.74, 6) is -3.11. The van der Waals surface area contributed by atoms with Crippen LogP contribution in [0.3, 0.4) is 0 Å². The van der Waals surface area contributed by atoms with Gasteiger partial charge in [-0.25, -0.2) is 13.6 Å². The Morgan fingerprint density at radius 1 is 1.12 bits per heavy atom. The summed E-state index contributed by atoms with van der Waals surface area (Å²) in [7, 11) is 0. The smallest absolute Gasteiger partial charge is 0.364 e. The normalized spacial score (nSPS) is 23.5. The molecule has 2 amide bonds. The Labute approximate surface area is 242 Å². The molecule has 1 aliphatic heterocycles. The van der Waals surface area contributed by atoms with Crippen molar-refractivity contribution in [3.05, 3.63) is 35.4 Å². The van der Waals surface area contributed by atoms with Crippen LogP contribution in [0.15, 0.2) is 24.3 Å². The number of rotatable bonds is 17. The van der Waals surface area contributed by atoms with Gasteiger partial charge in [0.05, 0.1) is 31.3 Å². The molecular weight excluding hydrogens is 562 g/mol. The van der Waals surface area contributed by atoms with E-state index in [1.54, 1.807) is 0 Å². The van der Waals surface area contributed by atoms with Gasteiger partial charge in [-0.1, -0.05) is 37.1 Å². The molecule has 234 valence electrons. The van der Waals surface area contributed by atoms with E-state index in [1.165, 1.54) is 24.3 Å². The number of halogens is 2. The van der Waals surface area contributed by atoms with Crippen LogP contribution in [-0.2, 0) is 30.3 Å². The Balaban J connectivity index is 2.09. The van der Waals surface area contributed by atoms with Gasteiger partial charge in [-0.05, 0) is 18.4 Å². The molecule has 42 heavy (non-hydrogen) atoms. The lowest BCUT2D eigenvalue weighted by Crippen LogP contribution is -2.68. The number of alkyl halides is 2. The third-order valence-corrected chi connectivity index (χ3v) is 6.76. The van der Waals surface area contributed by atoms with Crippen LogP contribution in [0.2, 0.25) is 0 Å². The van der Waals surface area contributed by atoms with Crippen LogP contribution in [0.1, 0.15) is 56.1 Å². The Morgan fingerprint density at radius 2 is 1.79 bits per heavy atom. The molecular formula is C28H38F2N2O10. The first-order valence-corrected chi connectivity index (χ1v) is 13.5. The van der Waals surface area contributed by atoms with E-state index in [1.807, 2.05) is 0 Å². The highest BCUT2D eigenvalue weighted by atomic mass is 19.3. The number of ether oxygens (including phenoxy) is 2. The molecule has 7 N–H and O–H groups in total. The zero-order valence-corrected chi connectivity index (χ0v) is 23.0. The van der Waals surface area contributed by atoms with Crippen molar-refractivity contribution in [2.24, 2.45) is 0 Å². The maximum Gasteiger partial charge on any atom is 0.364 e. The highest BCUT2D eigenvalue weighted by Gasteiger charge is 2.55. The van der Waals surface area contributed by atoms with Gasteiger partial charge in [-0.15, -0.1) is 12.3 Å². The van der Waals surface area contributed by atoms with Crippen LogP contribution in [0.5, 0.6) is 0 Å². The second kappa shape index (κ2) is 17.1. The van der Waals surface area contributed by atoms with Crippen molar-refractivity contribution in [1.29, 1.82) is 0 Å². The van der Waals surface area contributed by atoms with E-state index in [0.29, 0.717) is 24.8 Å². The number of hydrogen-bond acceptors (Lipinski definition) is 9. The molecule has 0 saturated carbocycles. The van der Waals surface area contributed by atoms with Crippen LogP contribution >= 0.6 is 0 Å². The summed E-state index contributed by atoms with van der Waals surface area (Å²) in [6, 6.07) is 3.59. The van der Waals surface area contributed by atoms with E-state index in [-0.39, 0.29) is 18.6 Å². The van der Waals surface area contributed by atoms with E-state index in [2.05, 4.69) is 16.6 Å². The van der Waals surface area contributed by atoms with Crippen molar-refractivity contribution in [1.82, 2.24) is 10.6 Å². The van der Waals surface area contributed by atoms with Crippen LogP contribution < -0.4 is 10.6 Å².